The van der Waals surface area contributed by atoms with Gasteiger partial charge in [0, 0.05) is 5.69 Å². The molecule has 1 aromatic carbocycles. The van der Waals surface area contributed by atoms with Crippen molar-refractivity contribution in [3.05, 3.63) is 17.7 Å². The zero-order chi connectivity index (χ0) is 15.3. The van der Waals surface area contributed by atoms with Gasteiger partial charge in [0.25, 0.3) is 0 Å². The van der Waals surface area contributed by atoms with Gasteiger partial charge in [-0.05, 0) is 31.0 Å². The molecule has 0 bridgehead atoms. The molecule has 0 fully saturated rings. The fourth-order valence-electron chi connectivity index (χ4n) is 1.76. The molecule has 0 heterocycles. The summed E-state index contributed by atoms with van der Waals surface area (Å²) >= 11 is 0. The Morgan fingerprint density at radius 1 is 1.50 bits per heavy atom. The van der Waals surface area contributed by atoms with Gasteiger partial charge in [0.2, 0.25) is 10.0 Å². The monoisotopic (exact) mass is 296 g/mol. The highest BCUT2D eigenvalue weighted by Gasteiger charge is 2.23. The standard InChI is InChI=1S/C14H20N2O3S/c1-5-7-11(6-2)16-20(17,18)14-9-12(15)10(3)8-13(14)19-4/h2,8-9,11,16H,5,7,15H2,1,3-4H3. The average Bonchev–Trinajstić information content (AvgIpc) is 2.40. The third-order valence-electron chi connectivity index (χ3n) is 2.92. The molecule has 1 unspecified atom stereocenters. The van der Waals surface area contributed by atoms with Crippen LogP contribution >= 0.6 is 0 Å². The van der Waals surface area contributed by atoms with Crippen molar-refractivity contribution in [3.8, 4) is 18.1 Å². The van der Waals surface area contributed by atoms with Crippen LogP contribution in [0.5, 0.6) is 5.75 Å². The summed E-state index contributed by atoms with van der Waals surface area (Å²) in [5.74, 6) is 2.68. The molecule has 0 spiro atoms. The fourth-order valence-corrected chi connectivity index (χ4v) is 3.14. The molecule has 0 aliphatic rings. The van der Waals surface area contributed by atoms with E-state index in [4.69, 9.17) is 16.9 Å². The van der Waals surface area contributed by atoms with Gasteiger partial charge in [-0.3, -0.25) is 0 Å². The van der Waals surface area contributed by atoms with E-state index in [1.54, 1.807) is 13.0 Å². The Morgan fingerprint density at radius 3 is 2.65 bits per heavy atom. The molecular weight excluding hydrogens is 276 g/mol. The Morgan fingerprint density at radius 2 is 2.15 bits per heavy atom. The third-order valence-corrected chi connectivity index (χ3v) is 4.41. The largest absolute Gasteiger partial charge is 0.495 e. The number of rotatable bonds is 6. The van der Waals surface area contributed by atoms with E-state index >= 15 is 0 Å². The summed E-state index contributed by atoms with van der Waals surface area (Å²) in [6.45, 7) is 3.71. The van der Waals surface area contributed by atoms with Gasteiger partial charge in [0.05, 0.1) is 13.2 Å². The van der Waals surface area contributed by atoms with Crippen LogP contribution in [0.25, 0.3) is 0 Å². The summed E-state index contributed by atoms with van der Waals surface area (Å²) in [5, 5.41) is 0. The van der Waals surface area contributed by atoms with Crippen molar-refractivity contribution in [3.63, 3.8) is 0 Å². The van der Waals surface area contributed by atoms with E-state index in [1.165, 1.54) is 13.2 Å². The molecule has 6 heteroatoms. The molecule has 0 radical (unpaired) electrons. The molecule has 0 aromatic heterocycles. The molecule has 0 amide bonds. The van der Waals surface area contributed by atoms with Crippen LogP contribution in [0.4, 0.5) is 5.69 Å². The molecule has 1 rings (SSSR count). The number of methoxy groups -OCH3 is 1. The van der Waals surface area contributed by atoms with Crippen LogP contribution in [0.1, 0.15) is 25.3 Å². The second-order valence-corrected chi connectivity index (χ2v) is 6.17. The molecule has 0 aliphatic carbocycles. The van der Waals surface area contributed by atoms with Gasteiger partial charge in [0.1, 0.15) is 10.6 Å². The molecule has 1 atom stereocenters. The molecule has 20 heavy (non-hydrogen) atoms. The minimum Gasteiger partial charge on any atom is -0.495 e. The number of hydrogen-bond donors (Lipinski definition) is 2. The zero-order valence-corrected chi connectivity index (χ0v) is 12.8. The number of aryl methyl sites for hydroxylation is 1. The predicted molar refractivity (Wildman–Crippen MR) is 80.0 cm³/mol. The van der Waals surface area contributed by atoms with Crippen molar-refractivity contribution < 1.29 is 13.2 Å². The third kappa shape index (κ3) is 3.65. The molecule has 110 valence electrons. The number of sulfonamides is 1. The molecule has 0 aliphatic heterocycles. The van der Waals surface area contributed by atoms with Gasteiger partial charge >= 0.3 is 0 Å². The maximum Gasteiger partial charge on any atom is 0.245 e. The van der Waals surface area contributed by atoms with E-state index in [2.05, 4.69) is 10.6 Å². The van der Waals surface area contributed by atoms with Gasteiger partial charge in [-0.2, -0.15) is 4.72 Å². The van der Waals surface area contributed by atoms with Crippen molar-refractivity contribution in [2.75, 3.05) is 12.8 Å². The Kier molecular flexibility index (Phi) is 5.43. The molecule has 5 nitrogen and oxygen atoms in total. The Labute approximate surface area is 120 Å². The number of anilines is 1. The highest BCUT2D eigenvalue weighted by Crippen LogP contribution is 2.29. The SMILES string of the molecule is C#CC(CCC)NS(=O)(=O)c1cc(N)c(C)cc1OC. The Hall–Kier alpha value is -1.71. The number of nitrogens with one attached hydrogen (secondary N) is 1. The molecule has 0 saturated carbocycles. The number of ether oxygens (including phenoxy) is 1. The fraction of sp³-hybridized carbons (Fsp3) is 0.429. The first-order valence-corrected chi connectivity index (χ1v) is 7.76. The number of nitrogens with two attached hydrogens (primary N) is 1. The molecule has 0 saturated heterocycles. The second-order valence-electron chi connectivity index (χ2n) is 4.49. The van der Waals surface area contributed by atoms with Crippen molar-refractivity contribution in [1.29, 1.82) is 0 Å². The number of benzene rings is 1. The number of hydrogen-bond acceptors (Lipinski definition) is 4. The topological polar surface area (TPSA) is 81.4 Å². The highest BCUT2D eigenvalue weighted by molar-refractivity contribution is 7.89. The van der Waals surface area contributed by atoms with Crippen LogP contribution in [0.2, 0.25) is 0 Å². The Balaban J connectivity index is 3.22. The first kappa shape index (κ1) is 16.3. The van der Waals surface area contributed by atoms with Gasteiger partial charge in [-0.1, -0.05) is 19.3 Å². The van der Waals surface area contributed by atoms with Crippen LogP contribution in [-0.2, 0) is 10.0 Å². The zero-order valence-electron chi connectivity index (χ0n) is 11.9. The van der Waals surface area contributed by atoms with Gasteiger partial charge in [-0.25, -0.2) is 8.42 Å². The van der Waals surface area contributed by atoms with Gasteiger partial charge in [-0.15, -0.1) is 6.42 Å². The van der Waals surface area contributed by atoms with Crippen molar-refractivity contribution in [2.45, 2.75) is 37.6 Å². The lowest BCUT2D eigenvalue weighted by atomic mass is 10.2. The lowest BCUT2D eigenvalue weighted by molar-refractivity contribution is 0.402. The number of nitrogen functional groups attached to an aromatic ring is 1. The lowest BCUT2D eigenvalue weighted by Crippen LogP contribution is -2.34. The summed E-state index contributed by atoms with van der Waals surface area (Å²) in [6.07, 6.45) is 6.69. The summed E-state index contributed by atoms with van der Waals surface area (Å²) in [7, 11) is -2.36. The summed E-state index contributed by atoms with van der Waals surface area (Å²) in [4.78, 5) is -0.000506. The lowest BCUT2D eigenvalue weighted by Gasteiger charge is -2.16. The maximum absolute atomic E-state index is 12.4. The number of terminal acetylenes is 1. The van der Waals surface area contributed by atoms with Gasteiger partial charge < -0.3 is 10.5 Å². The predicted octanol–water partition coefficient (Wildman–Crippen LogP) is 1.67. The molecule has 3 N–H and O–H groups in total. The van der Waals surface area contributed by atoms with Crippen molar-refractivity contribution >= 4 is 15.7 Å². The quantitative estimate of drug-likeness (QED) is 0.618. The first-order valence-electron chi connectivity index (χ1n) is 6.28. The smallest absolute Gasteiger partial charge is 0.245 e. The van der Waals surface area contributed by atoms with Crippen LogP contribution in [0, 0.1) is 19.3 Å². The normalized spacial score (nSPS) is 12.7. The van der Waals surface area contributed by atoms with E-state index in [9.17, 15) is 8.42 Å². The summed E-state index contributed by atoms with van der Waals surface area (Å²) in [5.41, 5.74) is 6.92. The van der Waals surface area contributed by atoms with E-state index in [0.29, 0.717) is 12.1 Å². The minimum atomic E-state index is -3.77. The Bertz CT molecular complexity index is 618. The van der Waals surface area contributed by atoms with E-state index in [-0.39, 0.29) is 10.6 Å². The second kappa shape index (κ2) is 6.64. The molecule has 1 aromatic rings. The van der Waals surface area contributed by atoms with E-state index in [1.807, 2.05) is 6.92 Å². The summed E-state index contributed by atoms with van der Waals surface area (Å²) < 4.78 is 32.4. The van der Waals surface area contributed by atoms with Crippen LogP contribution in [-0.4, -0.2) is 21.6 Å². The van der Waals surface area contributed by atoms with E-state index in [0.717, 1.165) is 12.0 Å². The first-order chi connectivity index (χ1) is 9.35. The summed E-state index contributed by atoms with van der Waals surface area (Å²) in [6, 6.07) is 2.43. The average molecular weight is 296 g/mol. The molecular formula is C14H20N2O3S. The van der Waals surface area contributed by atoms with Crippen LogP contribution in [0.15, 0.2) is 17.0 Å². The van der Waals surface area contributed by atoms with Crippen LogP contribution in [0.3, 0.4) is 0 Å². The van der Waals surface area contributed by atoms with Crippen molar-refractivity contribution in [2.24, 2.45) is 0 Å². The minimum absolute atomic E-state index is 0.000506. The van der Waals surface area contributed by atoms with E-state index < -0.39 is 16.1 Å². The maximum atomic E-state index is 12.4. The van der Waals surface area contributed by atoms with Crippen molar-refractivity contribution in [1.82, 2.24) is 4.72 Å². The van der Waals surface area contributed by atoms with Crippen LogP contribution < -0.4 is 15.2 Å². The van der Waals surface area contributed by atoms with Gasteiger partial charge in [0.15, 0.2) is 0 Å². The highest BCUT2D eigenvalue weighted by atomic mass is 32.2.